The molecular formula is C18H23NO4. The lowest BCUT2D eigenvalue weighted by atomic mass is 9.63. The summed E-state index contributed by atoms with van der Waals surface area (Å²) in [7, 11) is 0. The van der Waals surface area contributed by atoms with Gasteiger partial charge in [0.2, 0.25) is 5.91 Å². The van der Waals surface area contributed by atoms with Crippen LogP contribution in [-0.2, 0) is 9.53 Å². The van der Waals surface area contributed by atoms with Crippen LogP contribution in [0.4, 0.5) is 0 Å². The van der Waals surface area contributed by atoms with E-state index in [0.29, 0.717) is 13.0 Å². The number of likely N-dealkylation sites (tertiary alicyclic amines) is 1. The normalized spacial score (nSPS) is 38.9. The van der Waals surface area contributed by atoms with Crippen molar-refractivity contribution in [1.82, 2.24) is 4.90 Å². The molecule has 0 unspecified atom stereocenters. The number of hydrogen-bond donors (Lipinski definition) is 2. The van der Waals surface area contributed by atoms with Gasteiger partial charge in [-0.2, -0.15) is 0 Å². The highest BCUT2D eigenvalue weighted by Gasteiger charge is 2.74. The molecule has 1 spiro atoms. The molecule has 4 rings (SSSR count). The first-order valence-corrected chi connectivity index (χ1v) is 8.24. The maximum absolute atomic E-state index is 13.1. The van der Waals surface area contributed by atoms with Crippen LogP contribution < -0.4 is 0 Å². The van der Waals surface area contributed by atoms with Crippen LogP contribution in [0.3, 0.4) is 0 Å². The van der Waals surface area contributed by atoms with Crippen molar-refractivity contribution in [3.05, 3.63) is 35.9 Å². The Morgan fingerprint density at radius 3 is 2.65 bits per heavy atom. The lowest BCUT2D eigenvalue weighted by molar-refractivity contribution is -0.138. The fraction of sp³-hybridized carbons (Fsp3) is 0.611. The second kappa shape index (κ2) is 4.79. The minimum absolute atomic E-state index is 0.0147. The predicted octanol–water partition coefficient (Wildman–Crippen LogP) is 1.11. The van der Waals surface area contributed by atoms with Crippen molar-refractivity contribution in [3.63, 3.8) is 0 Å². The molecule has 2 bridgehead atoms. The van der Waals surface area contributed by atoms with E-state index in [1.807, 2.05) is 44.2 Å². The van der Waals surface area contributed by atoms with Gasteiger partial charge in [-0.3, -0.25) is 4.79 Å². The number of aliphatic hydroxyl groups is 2. The van der Waals surface area contributed by atoms with E-state index in [-0.39, 0.29) is 30.0 Å². The summed E-state index contributed by atoms with van der Waals surface area (Å²) in [6, 6.07) is 9.15. The minimum atomic E-state index is -0.812. The summed E-state index contributed by atoms with van der Waals surface area (Å²) in [4.78, 5) is 14.8. The van der Waals surface area contributed by atoms with Crippen LogP contribution >= 0.6 is 0 Å². The van der Waals surface area contributed by atoms with E-state index in [9.17, 15) is 15.0 Å². The van der Waals surface area contributed by atoms with Gasteiger partial charge in [-0.05, 0) is 5.56 Å². The number of carbonyl (C=O) groups is 1. The fourth-order valence-corrected chi connectivity index (χ4v) is 4.92. The van der Waals surface area contributed by atoms with Gasteiger partial charge in [0.25, 0.3) is 0 Å². The predicted molar refractivity (Wildman–Crippen MR) is 83.5 cm³/mol. The van der Waals surface area contributed by atoms with Crippen LogP contribution in [0.2, 0.25) is 0 Å². The lowest BCUT2D eigenvalue weighted by Crippen LogP contribution is -2.51. The highest BCUT2D eigenvalue weighted by atomic mass is 16.5. The number of ether oxygens (including phenoxy) is 1. The van der Waals surface area contributed by atoms with Gasteiger partial charge in [0.15, 0.2) is 0 Å². The van der Waals surface area contributed by atoms with Crippen molar-refractivity contribution in [2.75, 3.05) is 13.2 Å². The summed E-state index contributed by atoms with van der Waals surface area (Å²) in [5, 5.41) is 20.4. The molecule has 5 nitrogen and oxygen atoms in total. The minimum Gasteiger partial charge on any atom is -0.394 e. The number of amides is 1. The molecular weight excluding hydrogens is 294 g/mol. The van der Waals surface area contributed by atoms with Crippen molar-refractivity contribution in [2.45, 2.75) is 44.1 Å². The number of rotatable bonds is 3. The van der Waals surface area contributed by atoms with Crippen LogP contribution in [0.25, 0.3) is 0 Å². The summed E-state index contributed by atoms with van der Waals surface area (Å²) in [6.07, 6.45) is -0.104. The monoisotopic (exact) mass is 317 g/mol. The molecule has 3 aliphatic rings. The third kappa shape index (κ3) is 1.81. The largest absolute Gasteiger partial charge is 0.394 e. The summed E-state index contributed by atoms with van der Waals surface area (Å²) in [6.45, 7) is 4.30. The Morgan fingerprint density at radius 1 is 1.35 bits per heavy atom. The molecule has 0 aliphatic carbocycles. The average molecular weight is 317 g/mol. The van der Waals surface area contributed by atoms with E-state index in [1.54, 1.807) is 4.90 Å². The van der Waals surface area contributed by atoms with Crippen LogP contribution in [0, 0.1) is 11.3 Å². The van der Waals surface area contributed by atoms with E-state index in [2.05, 4.69) is 0 Å². The molecule has 3 heterocycles. The Morgan fingerprint density at radius 2 is 2.04 bits per heavy atom. The Hall–Kier alpha value is -1.43. The summed E-state index contributed by atoms with van der Waals surface area (Å²) >= 11 is 0. The van der Waals surface area contributed by atoms with E-state index in [1.165, 1.54) is 0 Å². The SMILES string of the molecule is CC1(C)[C@@H]2C[C@H](O)[C@@]3(CN([C@@H](CO)c4ccccc4)C(=O)[C@@H]13)O2. The smallest absolute Gasteiger partial charge is 0.230 e. The fourth-order valence-electron chi connectivity index (χ4n) is 4.92. The Balaban J connectivity index is 1.72. The number of benzene rings is 1. The quantitative estimate of drug-likeness (QED) is 0.876. The van der Waals surface area contributed by atoms with Gasteiger partial charge in [0.1, 0.15) is 5.60 Å². The third-order valence-electron chi connectivity index (χ3n) is 6.11. The first-order valence-electron chi connectivity index (χ1n) is 8.24. The van der Waals surface area contributed by atoms with Gasteiger partial charge in [-0.15, -0.1) is 0 Å². The molecule has 5 atom stereocenters. The van der Waals surface area contributed by atoms with Gasteiger partial charge in [-0.25, -0.2) is 0 Å². The van der Waals surface area contributed by atoms with Crippen LogP contribution in [-0.4, -0.2) is 52.0 Å². The van der Waals surface area contributed by atoms with Crippen molar-refractivity contribution >= 4 is 5.91 Å². The van der Waals surface area contributed by atoms with Crippen molar-refractivity contribution in [2.24, 2.45) is 11.3 Å². The Kier molecular flexibility index (Phi) is 3.15. The van der Waals surface area contributed by atoms with E-state index < -0.39 is 17.7 Å². The van der Waals surface area contributed by atoms with Gasteiger partial charge in [0, 0.05) is 11.8 Å². The van der Waals surface area contributed by atoms with Gasteiger partial charge in [-0.1, -0.05) is 44.2 Å². The molecule has 1 aromatic carbocycles. The van der Waals surface area contributed by atoms with E-state index in [4.69, 9.17) is 4.74 Å². The van der Waals surface area contributed by atoms with E-state index in [0.717, 1.165) is 5.56 Å². The maximum atomic E-state index is 13.1. The third-order valence-corrected chi connectivity index (χ3v) is 6.11. The summed E-state index contributed by atoms with van der Waals surface area (Å²) in [5.74, 6) is -0.360. The Bertz CT molecular complexity index is 631. The zero-order valence-electron chi connectivity index (χ0n) is 13.5. The highest BCUT2D eigenvalue weighted by molar-refractivity contribution is 5.85. The molecule has 1 amide bonds. The molecule has 0 aromatic heterocycles. The molecule has 3 saturated heterocycles. The molecule has 3 fully saturated rings. The number of hydrogen-bond acceptors (Lipinski definition) is 4. The topological polar surface area (TPSA) is 70.0 Å². The van der Waals surface area contributed by atoms with Crippen molar-refractivity contribution in [1.29, 1.82) is 0 Å². The highest BCUT2D eigenvalue weighted by Crippen LogP contribution is 2.61. The van der Waals surface area contributed by atoms with Gasteiger partial charge in [0.05, 0.1) is 37.3 Å². The second-order valence-corrected chi connectivity index (χ2v) is 7.64. The molecule has 23 heavy (non-hydrogen) atoms. The number of carbonyl (C=O) groups excluding carboxylic acids is 1. The molecule has 1 aromatic rings. The maximum Gasteiger partial charge on any atom is 0.230 e. The van der Waals surface area contributed by atoms with E-state index >= 15 is 0 Å². The number of nitrogens with zero attached hydrogens (tertiary/aromatic N) is 1. The van der Waals surface area contributed by atoms with Crippen LogP contribution in [0.15, 0.2) is 30.3 Å². The zero-order valence-corrected chi connectivity index (χ0v) is 13.5. The first-order chi connectivity index (χ1) is 10.9. The molecule has 124 valence electrons. The lowest BCUT2D eigenvalue weighted by Gasteiger charge is -2.36. The molecule has 0 radical (unpaired) electrons. The van der Waals surface area contributed by atoms with Crippen molar-refractivity contribution in [3.8, 4) is 0 Å². The average Bonchev–Trinajstić information content (AvgIpc) is 3.08. The number of fused-ring (bicyclic) bond motifs is 1. The summed E-state index contributed by atoms with van der Waals surface area (Å²) in [5.41, 5.74) is -0.198. The first kappa shape index (κ1) is 15.1. The molecule has 3 aliphatic heterocycles. The molecule has 0 saturated carbocycles. The summed E-state index contributed by atoms with van der Waals surface area (Å²) < 4.78 is 6.15. The zero-order chi connectivity index (χ0) is 16.4. The van der Waals surface area contributed by atoms with Crippen LogP contribution in [0.1, 0.15) is 31.9 Å². The molecule has 5 heteroatoms. The standard InChI is InChI=1S/C18H23NO4/c1-17(2)14-8-13(21)18(23-14)10-19(16(22)15(17)18)12(9-20)11-6-4-3-5-7-11/h3-7,12-15,20-21H,8-10H2,1-2H3/t12-,13-,14-,15-,18+/m0/s1. The van der Waals surface area contributed by atoms with Crippen LogP contribution in [0.5, 0.6) is 0 Å². The van der Waals surface area contributed by atoms with Crippen molar-refractivity contribution < 1.29 is 19.7 Å². The Labute approximate surface area is 135 Å². The van der Waals surface area contributed by atoms with Gasteiger partial charge < -0.3 is 19.8 Å². The number of aliphatic hydroxyl groups excluding tert-OH is 2. The second-order valence-electron chi connectivity index (χ2n) is 7.64. The van der Waals surface area contributed by atoms with Gasteiger partial charge >= 0.3 is 0 Å². The molecule has 2 N–H and O–H groups in total.